The molecule has 41 heavy (non-hydrogen) atoms. The number of nitrogen functional groups attached to an aromatic ring is 1. The molecule has 0 aliphatic heterocycles. The largest absolute Gasteiger partial charge is 0.418 e. The highest BCUT2D eigenvalue weighted by Gasteiger charge is 2.42. The second-order valence-corrected chi connectivity index (χ2v) is 8.86. The second-order valence-electron chi connectivity index (χ2n) is 8.86. The Labute approximate surface area is 225 Å². The zero-order valence-corrected chi connectivity index (χ0v) is 20.7. The first-order valence-electron chi connectivity index (χ1n) is 11.6. The Balaban J connectivity index is 1.47. The summed E-state index contributed by atoms with van der Waals surface area (Å²) < 4.78 is 97.6. The monoisotopic (exact) mass is 578 g/mol. The SMILES string of the molecule is Cc1ncc(-c2cc(C(F)(F)F)c3c(N)ncnn23)cc1C(=O)Nc1cn(C(c2ccc(F)cc2)C(F)(F)F)cn1. The molecule has 0 saturated heterocycles. The van der Waals surface area contributed by atoms with Crippen molar-refractivity contribution in [1.29, 1.82) is 0 Å². The third-order valence-corrected chi connectivity index (χ3v) is 6.15. The highest BCUT2D eigenvalue weighted by molar-refractivity contribution is 6.05. The van der Waals surface area contributed by atoms with Crippen LogP contribution in [-0.2, 0) is 6.18 Å². The summed E-state index contributed by atoms with van der Waals surface area (Å²) in [5, 5.41) is 6.23. The molecule has 1 amide bonds. The van der Waals surface area contributed by atoms with E-state index in [1.165, 1.54) is 19.2 Å². The van der Waals surface area contributed by atoms with E-state index in [9.17, 15) is 35.5 Å². The molecular weight excluding hydrogens is 561 g/mol. The van der Waals surface area contributed by atoms with E-state index in [1.54, 1.807) is 0 Å². The van der Waals surface area contributed by atoms with E-state index in [2.05, 4.69) is 25.4 Å². The molecule has 0 saturated carbocycles. The summed E-state index contributed by atoms with van der Waals surface area (Å²) in [6.45, 7) is 1.46. The fraction of sp³-hybridized carbons (Fsp3) is 0.160. The predicted molar refractivity (Wildman–Crippen MR) is 131 cm³/mol. The molecule has 5 aromatic rings. The predicted octanol–water partition coefficient (Wildman–Crippen LogP) is 5.44. The molecular formula is C25H17F7N8O. The number of hydrogen-bond donors (Lipinski definition) is 2. The molecule has 0 spiro atoms. The maximum Gasteiger partial charge on any atom is 0.418 e. The van der Waals surface area contributed by atoms with Gasteiger partial charge in [-0.05, 0) is 36.8 Å². The van der Waals surface area contributed by atoms with Crippen LogP contribution < -0.4 is 11.1 Å². The Morgan fingerprint density at radius 2 is 1.73 bits per heavy atom. The topological polar surface area (TPSA) is 116 Å². The van der Waals surface area contributed by atoms with Crippen molar-refractivity contribution in [3.05, 3.63) is 89.6 Å². The van der Waals surface area contributed by atoms with Gasteiger partial charge in [-0.1, -0.05) is 12.1 Å². The number of carbonyl (C=O) groups is 1. The van der Waals surface area contributed by atoms with Gasteiger partial charge in [0.1, 0.15) is 17.7 Å². The average molecular weight is 578 g/mol. The first kappa shape index (κ1) is 27.5. The van der Waals surface area contributed by atoms with Crippen molar-refractivity contribution in [2.75, 3.05) is 11.1 Å². The number of carbonyl (C=O) groups excluding carboxylic acids is 1. The molecule has 4 aromatic heterocycles. The number of halogens is 7. The van der Waals surface area contributed by atoms with Crippen LogP contribution in [0.25, 0.3) is 16.8 Å². The summed E-state index contributed by atoms with van der Waals surface area (Å²) in [6, 6.07) is 3.59. The number of benzene rings is 1. The molecule has 0 bridgehead atoms. The van der Waals surface area contributed by atoms with Crippen molar-refractivity contribution < 1.29 is 35.5 Å². The van der Waals surface area contributed by atoms with Crippen molar-refractivity contribution in [1.82, 2.24) is 29.1 Å². The number of alkyl halides is 6. The quantitative estimate of drug-likeness (QED) is 0.269. The van der Waals surface area contributed by atoms with Gasteiger partial charge < -0.3 is 15.6 Å². The highest BCUT2D eigenvalue weighted by atomic mass is 19.4. The molecule has 1 aromatic carbocycles. The summed E-state index contributed by atoms with van der Waals surface area (Å²) in [4.78, 5) is 24.6. The summed E-state index contributed by atoms with van der Waals surface area (Å²) in [5.41, 5.74) is 3.92. The Morgan fingerprint density at radius 1 is 1.02 bits per heavy atom. The Hall–Kier alpha value is -5.02. The lowest BCUT2D eigenvalue weighted by molar-refractivity contribution is -0.156. The van der Waals surface area contributed by atoms with E-state index < -0.39 is 47.0 Å². The summed E-state index contributed by atoms with van der Waals surface area (Å²) in [5.74, 6) is -2.20. The molecule has 212 valence electrons. The van der Waals surface area contributed by atoms with Crippen molar-refractivity contribution in [2.45, 2.75) is 25.3 Å². The van der Waals surface area contributed by atoms with E-state index >= 15 is 0 Å². The van der Waals surface area contributed by atoms with Gasteiger partial charge in [-0.2, -0.15) is 31.4 Å². The maximum absolute atomic E-state index is 13.9. The molecule has 4 heterocycles. The number of nitrogens with zero attached hydrogens (tertiary/aromatic N) is 6. The molecule has 0 aliphatic carbocycles. The van der Waals surface area contributed by atoms with Gasteiger partial charge in [0.25, 0.3) is 5.91 Å². The molecule has 3 N–H and O–H groups in total. The number of fused-ring (bicyclic) bond motifs is 1. The summed E-state index contributed by atoms with van der Waals surface area (Å²) in [6.07, 6.45) is -5.57. The van der Waals surface area contributed by atoms with Crippen LogP contribution in [0.5, 0.6) is 0 Å². The summed E-state index contributed by atoms with van der Waals surface area (Å²) in [7, 11) is 0. The van der Waals surface area contributed by atoms with Gasteiger partial charge in [0.05, 0.1) is 28.8 Å². The van der Waals surface area contributed by atoms with Gasteiger partial charge in [-0.25, -0.2) is 18.9 Å². The van der Waals surface area contributed by atoms with Gasteiger partial charge in [0.2, 0.25) is 0 Å². The maximum atomic E-state index is 13.9. The number of nitrogens with two attached hydrogens (primary N) is 1. The van der Waals surface area contributed by atoms with Crippen LogP contribution >= 0.6 is 0 Å². The number of rotatable bonds is 5. The van der Waals surface area contributed by atoms with Crippen molar-refractivity contribution >= 4 is 23.1 Å². The normalized spacial score (nSPS) is 13.0. The van der Waals surface area contributed by atoms with E-state index in [-0.39, 0.29) is 33.9 Å². The van der Waals surface area contributed by atoms with Crippen LogP contribution in [0.3, 0.4) is 0 Å². The first-order chi connectivity index (χ1) is 19.2. The van der Waals surface area contributed by atoms with Crippen LogP contribution in [0.15, 0.2) is 61.4 Å². The number of imidazole rings is 1. The number of aromatic nitrogens is 6. The molecule has 0 fully saturated rings. The van der Waals surface area contributed by atoms with Crippen molar-refractivity contribution in [2.24, 2.45) is 0 Å². The van der Waals surface area contributed by atoms with E-state index in [0.717, 1.165) is 53.7 Å². The minimum atomic E-state index is -4.79. The van der Waals surface area contributed by atoms with Crippen LogP contribution in [0.1, 0.15) is 33.2 Å². The molecule has 0 aliphatic rings. The minimum absolute atomic E-state index is 0.0725. The molecule has 1 unspecified atom stereocenters. The fourth-order valence-corrected chi connectivity index (χ4v) is 4.29. The number of anilines is 2. The van der Waals surface area contributed by atoms with Crippen molar-refractivity contribution in [3.8, 4) is 11.3 Å². The van der Waals surface area contributed by atoms with Gasteiger partial charge >= 0.3 is 12.4 Å². The van der Waals surface area contributed by atoms with E-state index in [0.29, 0.717) is 4.57 Å². The Bertz CT molecular complexity index is 1760. The molecule has 1 atom stereocenters. The van der Waals surface area contributed by atoms with Crippen molar-refractivity contribution in [3.63, 3.8) is 0 Å². The third kappa shape index (κ3) is 5.27. The van der Waals surface area contributed by atoms with Gasteiger partial charge in [0, 0.05) is 18.0 Å². The average Bonchev–Trinajstić information content (AvgIpc) is 3.50. The lowest BCUT2D eigenvalue weighted by atomic mass is 10.1. The first-order valence-corrected chi connectivity index (χ1v) is 11.6. The number of amides is 1. The summed E-state index contributed by atoms with van der Waals surface area (Å²) >= 11 is 0. The highest BCUT2D eigenvalue weighted by Crippen LogP contribution is 2.39. The zero-order valence-electron chi connectivity index (χ0n) is 20.7. The van der Waals surface area contributed by atoms with Crippen LogP contribution in [0.2, 0.25) is 0 Å². The fourth-order valence-electron chi connectivity index (χ4n) is 4.29. The third-order valence-electron chi connectivity index (χ3n) is 6.15. The standard InChI is InChI=1S/C25H17F7N8O/c1-12-16(6-14(8-34-12)18-7-17(24(27,28)29)20-22(33)35-10-37-40(18)20)23(41)38-19-9-39(11-36-19)21(25(30,31)32)13-2-4-15(26)5-3-13/h2-11,21H,1H3,(H,38,41)(H2,33,35,37). The molecule has 5 rings (SSSR count). The van der Waals surface area contributed by atoms with E-state index in [1.807, 2.05) is 0 Å². The van der Waals surface area contributed by atoms with Gasteiger partial charge in [0.15, 0.2) is 17.7 Å². The lowest BCUT2D eigenvalue weighted by Gasteiger charge is -2.21. The van der Waals surface area contributed by atoms with Crippen LogP contribution in [0.4, 0.5) is 42.4 Å². The number of aryl methyl sites for hydroxylation is 1. The Kier molecular flexibility index (Phi) is 6.63. The van der Waals surface area contributed by atoms with Crippen LogP contribution in [0, 0.1) is 12.7 Å². The zero-order chi connectivity index (χ0) is 29.7. The lowest BCUT2D eigenvalue weighted by Crippen LogP contribution is -2.26. The second kappa shape index (κ2) is 9.87. The molecule has 16 heteroatoms. The van der Waals surface area contributed by atoms with E-state index in [4.69, 9.17) is 5.73 Å². The number of hydrogen-bond acceptors (Lipinski definition) is 6. The minimum Gasteiger partial charge on any atom is -0.382 e. The smallest absolute Gasteiger partial charge is 0.382 e. The number of pyridine rings is 1. The van der Waals surface area contributed by atoms with Crippen LogP contribution in [-0.4, -0.2) is 41.2 Å². The molecule has 0 radical (unpaired) electrons. The van der Waals surface area contributed by atoms with Gasteiger partial charge in [-0.15, -0.1) is 0 Å². The Morgan fingerprint density at radius 3 is 2.39 bits per heavy atom. The van der Waals surface area contributed by atoms with Gasteiger partial charge in [-0.3, -0.25) is 9.78 Å². The number of nitrogens with one attached hydrogen (secondary N) is 1. The molecule has 9 nitrogen and oxygen atoms in total.